The second kappa shape index (κ2) is 4.28. The number of carbonyl (C=O) groups excluding carboxylic acids is 1. The van der Waals surface area contributed by atoms with Crippen molar-refractivity contribution in [3.05, 3.63) is 46.0 Å². The molecular weight excluding hydrogens is 332 g/mol. The minimum Gasteiger partial charge on any atom is -0.365 e. The van der Waals surface area contributed by atoms with E-state index in [1.165, 1.54) is 11.1 Å². The monoisotopic (exact) mass is 348 g/mol. The first-order chi connectivity index (χ1) is 10.0. The molecule has 0 amide bonds. The van der Waals surface area contributed by atoms with E-state index in [0.717, 1.165) is 10.9 Å². The molecule has 4 atom stereocenters. The third-order valence-corrected chi connectivity index (χ3v) is 6.00. The predicted molar refractivity (Wildman–Crippen MR) is 82.5 cm³/mol. The Hall–Kier alpha value is -0.970. The highest BCUT2D eigenvalue weighted by Crippen LogP contribution is 2.61. The number of epoxide rings is 1. The summed E-state index contributed by atoms with van der Waals surface area (Å²) in [6.45, 7) is 2.59. The smallest absolute Gasteiger partial charge is 0.203 e. The van der Waals surface area contributed by atoms with Crippen LogP contribution in [-0.2, 0) is 14.3 Å². The molecule has 3 nitrogen and oxygen atoms in total. The van der Waals surface area contributed by atoms with Crippen LogP contribution in [0.5, 0.6) is 0 Å². The number of carbonyl (C=O) groups is 1. The van der Waals surface area contributed by atoms with Crippen LogP contribution in [0.4, 0.5) is 0 Å². The highest BCUT2D eigenvalue weighted by molar-refractivity contribution is 9.11. The Morgan fingerprint density at radius 3 is 2.76 bits per heavy atom. The molecule has 4 aliphatic rings. The average molecular weight is 349 g/mol. The van der Waals surface area contributed by atoms with Gasteiger partial charge in [-0.05, 0) is 25.0 Å². The van der Waals surface area contributed by atoms with Crippen LogP contribution in [0.2, 0.25) is 0 Å². The zero-order valence-corrected chi connectivity index (χ0v) is 13.6. The molecule has 3 unspecified atom stereocenters. The molecule has 110 valence electrons. The Balaban J connectivity index is 1.87. The highest BCUT2D eigenvalue weighted by Gasteiger charge is 2.72. The predicted octanol–water partition coefficient (Wildman–Crippen LogP) is 3.11. The Labute approximate surface area is 132 Å². The topological polar surface area (TPSA) is 38.8 Å². The van der Waals surface area contributed by atoms with Crippen LogP contribution < -0.4 is 0 Å². The number of halogens is 1. The second-order valence-corrected chi connectivity index (χ2v) is 7.20. The van der Waals surface area contributed by atoms with E-state index in [0.29, 0.717) is 6.61 Å². The molecule has 0 N–H and O–H groups in total. The number of hydrogen-bond acceptors (Lipinski definition) is 3. The van der Waals surface area contributed by atoms with Crippen LogP contribution in [0.1, 0.15) is 23.5 Å². The van der Waals surface area contributed by atoms with E-state index in [-0.39, 0.29) is 17.6 Å². The van der Waals surface area contributed by atoms with E-state index in [1.54, 1.807) is 7.11 Å². The van der Waals surface area contributed by atoms with Gasteiger partial charge < -0.3 is 9.47 Å². The molecule has 2 bridgehead atoms. The first kappa shape index (κ1) is 13.7. The summed E-state index contributed by atoms with van der Waals surface area (Å²) in [7, 11) is 1.62. The van der Waals surface area contributed by atoms with Gasteiger partial charge in [0.1, 0.15) is 0 Å². The van der Waals surface area contributed by atoms with Crippen LogP contribution in [0.3, 0.4) is 0 Å². The van der Waals surface area contributed by atoms with Gasteiger partial charge in [0.15, 0.2) is 11.2 Å². The summed E-state index contributed by atoms with van der Waals surface area (Å²) in [5.41, 5.74) is 0.831. The van der Waals surface area contributed by atoms with Crippen LogP contribution in [0.25, 0.3) is 0 Å². The lowest BCUT2D eigenvalue weighted by Gasteiger charge is -2.50. The van der Waals surface area contributed by atoms with Crippen LogP contribution >= 0.6 is 15.9 Å². The maximum atomic E-state index is 13.0. The maximum absolute atomic E-state index is 13.0. The molecule has 1 aromatic carbocycles. The molecule has 1 heterocycles. The molecule has 21 heavy (non-hydrogen) atoms. The molecule has 5 rings (SSSR count). The summed E-state index contributed by atoms with van der Waals surface area (Å²) in [6.07, 6.45) is 2.84. The van der Waals surface area contributed by atoms with E-state index in [1.807, 2.05) is 12.1 Å². The van der Waals surface area contributed by atoms with E-state index < -0.39 is 11.2 Å². The number of fused-ring (bicyclic) bond motifs is 1. The largest absolute Gasteiger partial charge is 0.365 e. The molecule has 3 aliphatic carbocycles. The first-order valence-corrected chi connectivity index (χ1v) is 8.01. The van der Waals surface area contributed by atoms with Crippen LogP contribution in [-0.4, -0.2) is 30.7 Å². The summed E-state index contributed by atoms with van der Waals surface area (Å²) < 4.78 is 12.4. The normalized spacial score (nSPS) is 40.5. The highest BCUT2D eigenvalue weighted by atomic mass is 79.9. The Morgan fingerprint density at radius 2 is 2.14 bits per heavy atom. The summed E-state index contributed by atoms with van der Waals surface area (Å²) in [5, 5.41) is 0. The van der Waals surface area contributed by atoms with Gasteiger partial charge in [0.2, 0.25) is 5.78 Å². The third kappa shape index (κ3) is 1.64. The van der Waals surface area contributed by atoms with Crippen molar-refractivity contribution in [3.8, 4) is 0 Å². The SMILES string of the molecule is COC12C=C(Br)C(CC1c1cccc(C)c1)[C@@]1(CO1)C2=O. The van der Waals surface area contributed by atoms with Gasteiger partial charge in [-0.25, -0.2) is 0 Å². The molecule has 1 saturated carbocycles. The van der Waals surface area contributed by atoms with Gasteiger partial charge in [-0.2, -0.15) is 0 Å². The molecule has 1 spiro atoms. The number of rotatable bonds is 2. The first-order valence-electron chi connectivity index (χ1n) is 7.22. The zero-order chi connectivity index (χ0) is 14.8. The van der Waals surface area contributed by atoms with Gasteiger partial charge in [0.25, 0.3) is 0 Å². The summed E-state index contributed by atoms with van der Waals surface area (Å²) >= 11 is 3.63. The Morgan fingerprint density at radius 1 is 1.38 bits per heavy atom. The molecule has 0 radical (unpaired) electrons. The average Bonchev–Trinajstić information content (AvgIpc) is 3.25. The van der Waals surface area contributed by atoms with E-state index in [4.69, 9.17) is 9.47 Å². The van der Waals surface area contributed by atoms with Gasteiger partial charge in [-0.15, -0.1) is 0 Å². The number of hydrogen-bond donors (Lipinski definition) is 0. The molecule has 0 aromatic heterocycles. The number of aryl methyl sites for hydroxylation is 1. The summed E-state index contributed by atoms with van der Waals surface area (Å²) in [5.74, 6) is 0.256. The van der Waals surface area contributed by atoms with Gasteiger partial charge in [-0.3, -0.25) is 4.79 Å². The number of methoxy groups -OCH3 is 1. The van der Waals surface area contributed by atoms with Crippen molar-refractivity contribution in [3.63, 3.8) is 0 Å². The van der Waals surface area contributed by atoms with Gasteiger partial charge in [0.05, 0.1) is 6.61 Å². The van der Waals surface area contributed by atoms with Crippen LogP contribution in [0.15, 0.2) is 34.8 Å². The van der Waals surface area contributed by atoms with Crippen molar-refractivity contribution in [1.29, 1.82) is 0 Å². The van der Waals surface area contributed by atoms with Crippen molar-refractivity contribution in [2.75, 3.05) is 13.7 Å². The molecular formula is C17H17BrO3. The fourth-order valence-electron chi connectivity index (χ4n) is 4.03. The second-order valence-electron chi connectivity index (χ2n) is 6.29. The molecule has 1 aromatic rings. The van der Waals surface area contributed by atoms with Crippen molar-refractivity contribution >= 4 is 21.7 Å². The van der Waals surface area contributed by atoms with E-state index in [2.05, 4.69) is 41.1 Å². The van der Waals surface area contributed by atoms with Crippen molar-refractivity contribution < 1.29 is 14.3 Å². The molecule has 1 saturated heterocycles. The zero-order valence-electron chi connectivity index (χ0n) is 12.1. The molecule has 1 aliphatic heterocycles. The number of ketones is 1. The number of ether oxygens (including phenoxy) is 2. The van der Waals surface area contributed by atoms with Gasteiger partial charge >= 0.3 is 0 Å². The Bertz CT molecular complexity index is 662. The van der Waals surface area contributed by atoms with Crippen LogP contribution in [0, 0.1) is 12.8 Å². The Kier molecular flexibility index (Phi) is 2.79. The summed E-state index contributed by atoms with van der Waals surface area (Å²) in [6, 6.07) is 8.36. The number of Topliss-reactive ketones (excluding diaryl/α,β-unsaturated/α-hetero) is 1. The number of benzene rings is 1. The van der Waals surface area contributed by atoms with Gasteiger partial charge in [0, 0.05) is 23.4 Å². The standard InChI is InChI=1S/C17H17BrO3/c1-10-4-3-5-11(6-10)12-7-13-14(18)8-16(12,20-2)15(19)17(13)9-21-17/h3-6,8,12-13H,7,9H2,1-2H3/t12?,13?,16?,17-/m0/s1. The minimum atomic E-state index is -0.905. The fourth-order valence-corrected chi connectivity index (χ4v) is 4.93. The van der Waals surface area contributed by atoms with Crippen molar-refractivity contribution in [1.82, 2.24) is 0 Å². The fraction of sp³-hybridized carbons (Fsp3) is 0.471. The van der Waals surface area contributed by atoms with Crippen molar-refractivity contribution in [2.45, 2.75) is 30.5 Å². The quantitative estimate of drug-likeness (QED) is 0.770. The van der Waals surface area contributed by atoms with Crippen molar-refractivity contribution in [2.24, 2.45) is 5.92 Å². The minimum absolute atomic E-state index is 0.0519. The van der Waals surface area contributed by atoms with E-state index >= 15 is 0 Å². The summed E-state index contributed by atoms with van der Waals surface area (Å²) in [4.78, 5) is 13.0. The molecule has 2 fully saturated rings. The maximum Gasteiger partial charge on any atom is 0.203 e. The lowest BCUT2D eigenvalue weighted by molar-refractivity contribution is -0.153. The lowest BCUT2D eigenvalue weighted by atomic mass is 9.58. The van der Waals surface area contributed by atoms with E-state index in [9.17, 15) is 4.79 Å². The molecule has 4 heteroatoms. The lowest BCUT2D eigenvalue weighted by Crippen LogP contribution is -2.61. The van der Waals surface area contributed by atoms with Gasteiger partial charge in [-0.1, -0.05) is 45.8 Å². The third-order valence-electron chi connectivity index (χ3n) is 5.21.